The van der Waals surface area contributed by atoms with Crippen molar-refractivity contribution in [3.8, 4) is 17.8 Å². The van der Waals surface area contributed by atoms with Gasteiger partial charge in [-0.25, -0.2) is 4.98 Å². The highest BCUT2D eigenvalue weighted by atomic mass is 16.1. The molecule has 1 aromatic carbocycles. The van der Waals surface area contributed by atoms with Crippen LogP contribution < -0.4 is 5.56 Å². The summed E-state index contributed by atoms with van der Waals surface area (Å²) >= 11 is 0. The van der Waals surface area contributed by atoms with Crippen molar-refractivity contribution in [3.05, 3.63) is 70.3 Å². The van der Waals surface area contributed by atoms with Crippen LogP contribution in [0.3, 0.4) is 0 Å². The van der Waals surface area contributed by atoms with Crippen molar-refractivity contribution in [1.82, 2.24) is 14.1 Å². The van der Waals surface area contributed by atoms with Crippen LogP contribution in [0.2, 0.25) is 0 Å². The first-order chi connectivity index (χ1) is 12.2. The van der Waals surface area contributed by atoms with E-state index in [1.165, 1.54) is 10.8 Å². The molecule has 0 bridgehead atoms. The van der Waals surface area contributed by atoms with Gasteiger partial charge in [-0.05, 0) is 24.3 Å². The van der Waals surface area contributed by atoms with Crippen molar-refractivity contribution in [3.63, 3.8) is 0 Å². The van der Waals surface area contributed by atoms with Crippen LogP contribution in [0.1, 0.15) is 11.3 Å². The lowest BCUT2D eigenvalue weighted by Gasteiger charge is -2.09. The third kappa shape index (κ3) is 2.02. The van der Waals surface area contributed by atoms with Crippen molar-refractivity contribution >= 4 is 21.9 Å². The van der Waals surface area contributed by atoms with Gasteiger partial charge in [-0.1, -0.05) is 18.2 Å². The number of rotatable bonds is 1. The van der Waals surface area contributed by atoms with E-state index in [0.29, 0.717) is 11.2 Å². The van der Waals surface area contributed by atoms with Gasteiger partial charge < -0.3 is 4.57 Å². The quantitative estimate of drug-likeness (QED) is 0.538. The van der Waals surface area contributed by atoms with Gasteiger partial charge in [0.15, 0.2) is 0 Å². The van der Waals surface area contributed by atoms with E-state index in [2.05, 4.69) is 4.98 Å². The maximum atomic E-state index is 12.9. The number of hydrogen-bond acceptors (Lipinski definition) is 4. The third-order valence-electron chi connectivity index (χ3n) is 4.30. The van der Waals surface area contributed by atoms with E-state index in [9.17, 15) is 10.1 Å². The molecule has 4 rings (SSSR count). The highest BCUT2D eigenvalue weighted by molar-refractivity contribution is 6.06. The van der Waals surface area contributed by atoms with E-state index in [4.69, 9.17) is 5.26 Å². The minimum absolute atomic E-state index is 0.0581. The Morgan fingerprint density at radius 3 is 2.52 bits per heavy atom. The molecule has 3 heterocycles. The fourth-order valence-corrected chi connectivity index (χ4v) is 3.12. The molecule has 118 valence electrons. The Kier molecular flexibility index (Phi) is 3.13. The van der Waals surface area contributed by atoms with Crippen molar-refractivity contribution in [2.45, 2.75) is 0 Å². The predicted octanol–water partition coefficient (Wildman–Crippen LogP) is 2.62. The van der Waals surface area contributed by atoms with Crippen molar-refractivity contribution < 1.29 is 0 Å². The molecule has 0 radical (unpaired) electrons. The molecule has 4 aromatic rings. The van der Waals surface area contributed by atoms with E-state index in [-0.39, 0.29) is 11.3 Å². The van der Waals surface area contributed by atoms with Crippen LogP contribution in [0.4, 0.5) is 0 Å². The van der Waals surface area contributed by atoms with E-state index in [1.807, 2.05) is 48.0 Å². The molecule has 0 aliphatic carbocycles. The third-order valence-corrected chi connectivity index (χ3v) is 4.30. The van der Waals surface area contributed by atoms with Crippen LogP contribution in [-0.2, 0) is 7.05 Å². The number of aromatic nitrogens is 3. The summed E-state index contributed by atoms with van der Waals surface area (Å²) in [6, 6.07) is 16.5. The lowest BCUT2D eigenvalue weighted by molar-refractivity contribution is 0.985. The lowest BCUT2D eigenvalue weighted by Crippen LogP contribution is -2.21. The Hall–Kier alpha value is -3.90. The standard InChI is InChI=1S/C19H11N5O/c1-23-16-5-3-2-4-15(16)18-17(23)8-12(9-20)19(25)24(18)14-7-6-13(10-21)22-11-14/h2-8,11H,1H3. The van der Waals surface area contributed by atoms with Crippen LogP contribution in [-0.4, -0.2) is 14.1 Å². The lowest BCUT2D eigenvalue weighted by atomic mass is 10.2. The molecule has 0 atom stereocenters. The first-order valence-electron chi connectivity index (χ1n) is 7.55. The van der Waals surface area contributed by atoms with Crippen LogP contribution in [0.5, 0.6) is 0 Å². The van der Waals surface area contributed by atoms with Gasteiger partial charge in [0.05, 0.1) is 28.4 Å². The fourth-order valence-electron chi connectivity index (χ4n) is 3.12. The number of para-hydroxylation sites is 1. The zero-order valence-electron chi connectivity index (χ0n) is 13.3. The van der Waals surface area contributed by atoms with Gasteiger partial charge in [0.25, 0.3) is 5.56 Å². The Morgan fingerprint density at radius 2 is 1.84 bits per heavy atom. The summed E-state index contributed by atoms with van der Waals surface area (Å²) in [6.07, 6.45) is 1.47. The number of nitrogens with zero attached hydrogens (tertiary/aromatic N) is 5. The highest BCUT2D eigenvalue weighted by Gasteiger charge is 2.17. The smallest absolute Gasteiger partial charge is 0.273 e. The van der Waals surface area contributed by atoms with Gasteiger partial charge in [-0.3, -0.25) is 9.36 Å². The summed E-state index contributed by atoms with van der Waals surface area (Å²) < 4.78 is 3.45. The molecule has 0 amide bonds. The molecule has 0 unspecified atom stereocenters. The Labute approximate surface area is 142 Å². The van der Waals surface area contributed by atoms with E-state index in [1.54, 1.807) is 18.2 Å². The van der Waals surface area contributed by atoms with Gasteiger partial charge in [0, 0.05) is 12.4 Å². The number of aryl methyl sites for hydroxylation is 1. The van der Waals surface area contributed by atoms with Gasteiger partial charge in [-0.2, -0.15) is 10.5 Å². The van der Waals surface area contributed by atoms with Crippen LogP contribution in [0.25, 0.3) is 27.6 Å². The summed E-state index contributed by atoms with van der Waals surface area (Å²) in [4.78, 5) is 16.9. The SMILES string of the molecule is Cn1c2ccccc2c2c1cc(C#N)c(=O)n2-c1ccc(C#N)nc1. The Bertz CT molecular complexity index is 1280. The van der Waals surface area contributed by atoms with Crippen LogP contribution in [0.15, 0.2) is 53.5 Å². The summed E-state index contributed by atoms with van der Waals surface area (Å²) in [7, 11) is 1.90. The molecule has 0 fully saturated rings. The minimum Gasteiger partial charge on any atom is -0.342 e. The molecule has 6 heteroatoms. The predicted molar refractivity (Wildman–Crippen MR) is 93.2 cm³/mol. The average molecular weight is 325 g/mol. The van der Waals surface area contributed by atoms with Crippen molar-refractivity contribution in [2.75, 3.05) is 0 Å². The van der Waals surface area contributed by atoms with Crippen molar-refractivity contribution in [2.24, 2.45) is 7.05 Å². The largest absolute Gasteiger partial charge is 0.342 e. The molecular weight excluding hydrogens is 314 g/mol. The van der Waals surface area contributed by atoms with E-state index >= 15 is 0 Å². The zero-order chi connectivity index (χ0) is 17.6. The molecule has 0 spiro atoms. The first kappa shape index (κ1) is 14.7. The van der Waals surface area contributed by atoms with Gasteiger partial charge >= 0.3 is 0 Å². The van der Waals surface area contributed by atoms with Gasteiger partial charge in [0.2, 0.25) is 0 Å². The van der Waals surface area contributed by atoms with Crippen LogP contribution >= 0.6 is 0 Å². The number of fused-ring (bicyclic) bond motifs is 3. The van der Waals surface area contributed by atoms with Crippen LogP contribution in [0, 0.1) is 22.7 Å². The molecule has 0 saturated carbocycles. The second-order valence-corrected chi connectivity index (χ2v) is 5.63. The number of nitriles is 2. The topological polar surface area (TPSA) is 87.4 Å². The average Bonchev–Trinajstić information content (AvgIpc) is 2.94. The van der Waals surface area contributed by atoms with E-state index in [0.717, 1.165) is 16.4 Å². The number of hydrogen-bond donors (Lipinski definition) is 0. The monoisotopic (exact) mass is 325 g/mol. The molecule has 0 saturated heterocycles. The first-order valence-corrected chi connectivity index (χ1v) is 7.55. The van der Waals surface area contributed by atoms with Gasteiger partial charge in [0.1, 0.15) is 23.4 Å². The van der Waals surface area contributed by atoms with E-state index < -0.39 is 5.56 Å². The molecule has 0 aliphatic heterocycles. The molecule has 0 N–H and O–H groups in total. The maximum absolute atomic E-state index is 12.9. The number of pyridine rings is 2. The Morgan fingerprint density at radius 1 is 1.04 bits per heavy atom. The minimum atomic E-state index is -0.405. The highest BCUT2D eigenvalue weighted by Crippen LogP contribution is 2.29. The number of benzene rings is 1. The molecule has 25 heavy (non-hydrogen) atoms. The summed E-state index contributed by atoms with van der Waals surface area (Å²) in [5.74, 6) is 0. The second kappa shape index (κ2) is 5.33. The summed E-state index contributed by atoms with van der Waals surface area (Å²) in [5, 5.41) is 19.2. The van der Waals surface area contributed by atoms with Crippen molar-refractivity contribution in [1.29, 1.82) is 10.5 Å². The molecular formula is C19H11N5O. The van der Waals surface area contributed by atoms with Gasteiger partial charge in [-0.15, -0.1) is 0 Å². The molecule has 6 nitrogen and oxygen atoms in total. The summed E-state index contributed by atoms with van der Waals surface area (Å²) in [6.45, 7) is 0. The molecule has 0 aliphatic rings. The molecule has 3 aromatic heterocycles. The fraction of sp³-hybridized carbons (Fsp3) is 0.0526. The second-order valence-electron chi connectivity index (χ2n) is 5.63. The zero-order valence-corrected chi connectivity index (χ0v) is 13.3. The maximum Gasteiger partial charge on any atom is 0.273 e. The Balaban J connectivity index is 2.24. The summed E-state index contributed by atoms with van der Waals surface area (Å²) in [5.41, 5.74) is 2.89. The normalized spacial score (nSPS) is 10.7.